The van der Waals surface area contributed by atoms with E-state index < -0.39 is 0 Å². The summed E-state index contributed by atoms with van der Waals surface area (Å²) in [6.45, 7) is 14.3. The molecule has 9 heteroatoms. The summed E-state index contributed by atoms with van der Waals surface area (Å²) in [4.78, 5) is 31.2. The van der Waals surface area contributed by atoms with Gasteiger partial charge >= 0.3 is 0 Å². The van der Waals surface area contributed by atoms with Crippen molar-refractivity contribution < 1.29 is 9.53 Å². The molecule has 0 aliphatic carbocycles. The van der Waals surface area contributed by atoms with Crippen molar-refractivity contribution in [2.24, 2.45) is 11.8 Å². The first-order chi connectivity index (χ1) is 17.2. The van der Waals surface area contributed by atoms with Crippen LogP contribution in [0.3, 0.4) is 0 Å². The quantitative estimate of drug-likeness (QED) is 0.241. The Morgan fingerprint density at radius 3 is 2.47 bits per heavy atom. The van der Waals surface area contributed by atoms with E-state index in [1.165, 1.54) is 11.8 Å². The second-order valence-corrected chi connectivity index (χ2v) is 11.6. The third-order valence-electron chi connectivity index (χ3n) is 6.77. The van der Waals surface area contributed by atoms with Crippen molar-refractivity contribution in [3.63, 3.8) is 0 Å². The molecule has 2 unspecified atom stereocenters. The molecular formula is C27H38N4O3S2. The molecule has 196 valence electrons. The Hall–Kier alpha value is -2.15. The lowest BCUT2D eigenvalue weighted by molar-refractivity contribution is -0.122. The van der Waals surface area contributed by atoms with E-state index in [0.29, 0.717) is 59.3 Å². The van der Waals surface area contributed by atoms with Crippen LogP contribution in [0.1, 0.15) is 70.1 Å². The highest BCUT2D eigenvalue weighted by Gasteiger charge is 2.34. The van der Waals surface area contributed by atoms with E-state index in [9.17, 15) is 14.9 Å². The van der Waals surface area contributed by atoms with E-state index in [1.807, 2.05) is 19.9 Å². The predicted molar refractivity (Wildman–Crippen MR) is 151 cm³/mol. The van der Waals surface area contributed by atoms with Gasteiger partial charge in [0, 0.05) is 45.0 Å². The third kappa shape index (κ3) is 6.21. The van der Waals surface area contributed by atoms with Crippen LogP contribution in [0.4, 0.5) is 5.82 Å². The molecule has 36 heavy (non-hydrogen) atoms. The molecule has 1 amide bonds. The zero-order valence-corrected chi connectivity index (χ0v) is 23.8. The Kier molecular flexibility index (Phi) is 10.2. The van der Waals surface area contributed by atoms with Crippen LogP contribution in [0.2, 0.25) is 0 Å². The van der Waals surface area contributed by atoms with Gasteiger partial charge in [-0.2, -0.15) is 5.26 Å². The molecule has 0 saturated carbocycles. The largest absolute Gasteiger partial charge is 0.382 e. The van der Waals surface area contributed by atoms with Gasteiger partial charge in [0.05, 0.1) is 4.91 Å². The number of piperidine rings is 1. The number of amides is 1. The van der Waals surface area contributed by atoms with Crippen molar-refractivity contribution in [1.82, 2.24) is 9.47 Å². The first-order valence-corrected chi connectivity index (χ1v) is 14.2. The Morgan fingerprint density at radius 2 is 1.86 bits per heavy atom. The SMILES string of the molecule is CCCCn1c(N2CC(C)CC(C)C2)c(C=C2SC(=S)N(CCCOCC)C2=O)c(C)c(C#N)c1=O. The molecule has 0 bridgehead atoms. The van der Waals surface area contributed by atoms with Crippen LogP contribution in [0, 0.1) is 30.1 Å². The smallest absolute Gasteiger partial charge is 0.270 e. The molecule has 2 aliphatic heterocycles. The molecule has 2 aliphatic rings. The molecule has 1 aromatic heterocycles. The van der Waals surface area contributed by atoms with Crippen LogP contribution in [-0.4, -0.2) is 52.5 Å². The molecule has 2 saturated heterocycles. The lowest BCUT2D eigenvalue weighted by atomic mass is 9.91. The monoisotopic (exact) mass is 530 g/mol. The van der Waals surface area contributed by atoms with E-state index >= 15 is 0 Å². The maximum atomic E-state index is 13.5. The number of aromatic nitrogens is 1. The number of hydrogen-bond donors (Lipinski definition) is 0. The Balaban J connectivity index is 2.12. The number of pyridine rings is 1. The topological polar surface area (TPSA) is 78.6 Å². The van der Waals surface area contributed by atoms with Crippen molar-refractivity contribution in [2.75, 3.05) is 37.7 Å². The van der Waals surface area contributed by atoms with Crippen molar-refractivity contribution in [3.8, 4) is 6.07 Å². The second kappa shape index (κ2) is 12.9. The highest BCUT2D eigenvalue weighted by atomic mass is 32.2. The number of anilines is 1. The normalized spacial score (nSPS) is 21.5. The van der Waals surface area contributed by atoms with Gasteiger partial charge in [-0.05, 0) is 56.6 Å². The summed E-state index contributed by atoms with van der Waals surface area (Å²) in [5.41, 5.74) is 1.30. The zero-order chi connectivity index (χ0) is 26.4. The summed E-state index contributed by atoms with van der Waals surface area (Å²) < 4.78 is 7.72. The van der Waals surface area contributed by atoms with Crippen LogP contribution in [-0.2, 0) is 16.1 Å². The van der Waals surface area contributed by atoms with Crippen molar-refractivity contribution in [2.45, 2.75) is 66.8 Å². The number of ether oxygens (including phenoxy) is 1. The average Bonchev–Trinajstić information content (AvgIpc) is 3.09. The van der Waals surface area contributed by atoms with Gasteiger partial charge in [0.15, 0.2) is 0 Å². The molecule has 7 nitrogen and oxygen atoms in total. The molecular weight excluding hydrogens is 492 g/mol. The summed E-state index contributed by atoms with van der Waals surface area (Å²) in [5, 5.41) is 9.89. The average molecular weight is 531 g/mol. The fraction of sp³-hybridized carbons (Fsp3) is 0.630. The van der Waals surface area contributed by atoms with E-state index in [2.05, 4.69) is 31.7 Å². The molecule has 0 aromatic carbocycles. The Labute approximate surface area is 224 Å². The number of thiocarbonyl (C=S) groups is 1. The first kappa shape index (κ1) is 28.4. The van der Waals surface area contributed by atoms with Crippen LogP contribution >= 0.6 is 24.0 Å². The molecule has 0 spiro atoms. The Bertz CT molecular complexity index is 1110. The lowest BCUT2D eigenvalue weighted by Gasteiger charge is -2.39. The zero-order valence-electron chi connectivity index (χ0n) is 22.1. The van der Waals surface area contributed by atoms with E-state index in [0.717, 1.165) is 43.7 Å². The molecule has 2 fully saturated rings. The maximum absolute atomic E-state index is 13.5. The van der Waals surface area contributed by atoms with Crippen LogP contribution in [0.15, 0.2) is 9.70 Å². The minimum absolute atomic E-state index is 0.128. The summed E-state index contributed by atoms with van der Waals surface area (Å²) in [5.74, 6) is 1.66. The molecule has 3 rings (SSSR count). The van der Waals surface area contributed by atoms with Gasteiger partial charge in [-0.1, -0.05) is 51.2 Å². The molecule has 0 radical (unpaired) electrons. The van der Waals surface area contributed by atoms with Crippen molar-refractivity contribution in [1.29, 1.82) is 5.26 Å². The van der Waals surface area contributed by atoms with Gasteiger partial charge in [-0.15, -0.1) is 0 Å². The van der Waals surface area contributed by atoms with Crippen LogP contribution in [0.25, 0.3) is 6.08 Å². The summed E-state index contributed by atoms with van der Waals surface area (Å²) in [6, 6.07) is 2.14. The molecule has 2 atom stereocenters. The minimum atomic E-state index is -0.245. The van der Waals surface area contributed by atoms with Crippen LogP contribution in [0.5, 0.6) is 0 Å². The van der Waals surface area contributed by atoms with E-state index in [1.54, 1.807) is 9.47 Å². The predicted octanol–water partition coefficient (Wildman–Crippen LogP) is 4.94. The number of unbranched alkanes of at least 4 members (excludes halogenated alkanes) is 1. The first-order valence-electron chi connectivity index (χ1n) is 13.0. The number of carbonyl (C=O) groups excluding carboxylic acids is 1. The molecule has 0 N–H and O–H groups in total. The van der Waals surface area contributed by atoms with Crippen molar-refractivity contribution in [3.05, 3.63) is 31.9 Å². The number of carbonyl (C=O) groups is 1. The number of rotatable bonds is 10. The van der Waals surface area contributed by atoms with Crippen LogP contribution < -0.4 is 10.5 Å². The highest BCUT2D eigenvalue weighted by Crippen LogP contribution is 2.37. The van der Waals surface area contributed by atoms with Gasteiger partial charge < -0.3 is 9.64 Å². The van der Waals surface area contributed by atoms with Gasteiger partial charge in [-0.25, -0.2) is 0 Å². The van der Waals surface area contributed by atoms with Gasteiger partial charge in [-0.3, -0.25) is 19.1 Å². The second-order valence-electron chi connectivity index (χ2n) is 9.89. The standard InChI is InChI=1S/C27H38N4O3S2/c1-6-8-10-30-24(29-16-18(3)13-19(4)17-29)21(20(5)22(15-28)25(30)32)14-23-26(33)31(27(35)36-23)11-9-12-34-7-2/h14,18-19H,6-13,16-17H2,1-5H3. The molecule has 1 aromatic rings. The lowest BCUT2D eigenvalue weighted by Crippen LogP contribution is -2.43. The summed E-state index contributed by atoms with van der Waals surface area (Å²) in [6.07, 6.45) is 5.48. The van der Waals surface area contributed by atoms with Gasteiger partial charge in [0.2, 0.25) is 0 Å². The number of thioether (sulfide) groups is 1. The van der Waals surface area contributed by atoms with E-state index in [-0.39, 0.29) is 17.0 Å². The Morgan fingerprint density at radius 1 is 1.17 bits per heavy atom. The van der Waals surface area contributed by atoms with Crippen molar-refractivity contribution >= 4 is 46.1 Å². The summed E-state index contributed by atoms with van der Waals surface area (Å²) >= 11 is 6.82. The fourth-order valence-corrected chi connectivity index (χ4v) is 6.43. The van der Waals surface area contributed by atoms with Gasteiger partial charge in [0.1, 0.15) is 21.8 Å². The molecule has 3 heterocycles. The fourth-order valence-electron chi connectivity index (χ4n) is 5.14. The number of nitrogens with zero attached hydrogens (tertiary/aromatic N) is 4. The third-order valence-corrected chi connectivity index (χ3v) is 8.15. The number of hydrogen-bond acceptors (Lipinski definition) is 7. The number of nitriles is 1. The van der Waals surface area contributed by atoms with E-state index in [4.69, 9.17) is 17.0 Å². The van der Waals surface area contributed by atoms with Gasteiger partial charge in [0.25, 0.3) is 11.5 Å². The summed E-state index contributed by atoms with van der Waals surface area (Å²) in [7, 11) is 0. The highest BCUT2D eigenvalue weighted by molar-refractivity contribution is 8.26. The minimum Gasteiger partial charge on any atom is -0.382 e. The maximum Gasteiger partial charge on any atom is 0.270 e.